The van der Waals surface area contributed by atoms with E-state index in [0.29, 0.717) is 53.6 Å². The van der Waals surface area contributed by atoms with Gasteiger partial charge in [0.1, 0.15) is 13.2 Å². The number of hydrogen-bond acceptors (Lipinski definition) is 5. The summed E-state index contributed by atoms with van der Waals surface area (Å²) >= 11 is 0. The van der Waals surface area contributed by atoms with Crippen molar-refractivity contribution in [3.05, 3.63) is 47.5 Å². The maximum Gasteiger partial charge on any atom is 0.276 e. The van der Waals surface area contributed by atoms with Crippen LogP contribution in [0.2, 0.25) is 0 Å². The molecule has 0 aliphatic carbocycles. The standard InChI is InChI=1S/C21H21N3O4/c1-3-12(2)24-19(25)13-6-4-5-7-15(13)23-21(24)14-10-17-18(28-9-8-27-17)11-16(14)22-20(21)26/h4-7,10-12,23H,3,8-9H2,1-2H3,(H,22,26)/t12-,21-/m0/s1. The number of hydrogen-bond donors (Lipinski definition) is 2. The van der Waals surface area contributed by atoms with Crippen molar-refractivity contribution in [1.82, 2.24) is 4.90 Å². The molecule has 2 amide bonds. The Morgan fingerprint density at radius 2 is 1.82 bits per heavy atom. The van der Waals surface area contributed by atoms with Crippen LogP contribution in [0.4, 0.5) is 11.4 Å². The van der Waals surface area contributed by atoms with E-state index in [9.17, 15) is 9.59 Å². The fourth-order valence-electron chi connectivity index (χ4n) is 4.22. The lowest BCUT2D eigenvalue weighted by Gasteiger charge is -2.47. The second-order valence-electron chi connectivity index (χ2n) is 7.31. The molecule has 2 aromatic carbocycles. The van der Waals surface area contributed by atoms with Crippen LogP contribution in [-0.4, -0.2) is 36.0 Å². The van der Waals surface area contributed by atoms with E-state index < -0.39 is 5.66 Å². The van der Waals surface area contributed by atoms with Crippen molar-refractivity contribution in [2.75, 3.05) is 23.8 Å². The maximum atomic E-state index is 13.5. The summed E-state index contributed by atoms with van der Waals surface area (Å²) in [6.07, 6.45) is 0.713. The zero-order chi connectivity index (χ0) is 19.5. The average molecular weight is 379 g/mol. The molecule has 0 saturated carbocycles. The van der Waals surface area contributed by atoms with Gasteiger partial charge in [-0.15, -0.1) is 0 Å². The molecule has 7 heteroatoms. The quantitative estimate of drug-likeness (QED) is 0.839. The van der Waals surface area contributed by atoms with Crippen molar-refractivity contribution in [3.8, 4) is 11.5 Å². The van der Waals surface area contributed by atoms with Gasteiger partial charge in [0, 0.05) is 23.4 Å². The lowest BCUT2D eigenvalue weighted by Crippen LogP contribution is -2.63. The Hall–Kier alpha value is -3.22. The number of para-hydroxylation sites is 1. The average Bonchev–Trinajstić information content (AvgIpc) is 2.97. The van der Waals surface area contributed by atoms with Gasteiger partial charge in [0.25, 0.3) is 11.8 Å². The molecule has 0 saturated heterocycles. The molecule has 2 N–H and O–H groups in total. The molecule has 0 bridgehead atoms. The van der Waals surface area contributed by atoms with Crippen molar-refractivity contribution in [2.24, 2.45) is 0 Å². The van der Waals surface area contributed by atoms with E-state index in [1.165, 1.54) is 0 Å². The smallest absolute Gasteiger partial charge is 0.276 e. The lowest BCUT2D eigenvalue weighted by molar-refractivity contribution is -0.126. The van der Waals surface area contributed by atoms with E-state index in [1.54, 1.807) is 17.0 Å². The van der Waals surface area contributed by atoms with Crippen molar-refractivity contribution < 1.29 is 19.1 Å². The molecule has 3 heterocycles. The molecule has 3 aliphatic heterocycles. The Morgan fingerprint density at radius 3 is 2.57 bits per heavy atom. The highest BCUT2D eigenvalue weighted by Crippen LogP contribution is 2.50. The molecule has 5 rings (SSSR count). The first kappa shape index (κ1) is 16.9. The second-order valence-corrected chi connectivity index (χ2v) is 7.31. The molecule has 7 nitrogen and oxygen atoms in total. The molecule has 2 atom stereocenters. The van der Waals surface area contributed by atoms with Crippen LogP contribution in [0.5, 0.6) is 11.5 Å². The highest BCUT2D eigenvalue weighted by Gasteiger charge is 2.58. The predicted octanol–water partition coefficient (Wildman–Crippen LogP) is 2.93. The SMILES string of the molecule is CC[C@H](C)N1C(=O)c2ccccc2N[C@]12C(=O)Nc1cc3c(cc12)OCCO3. The molecule has 144 valence electrons. The highest BCUT2D eigenvalue weighted by molar-refractivity contribution is 6.14. The molecule has 2 aromatic rings. The zero-order valence-corrected chi connectivity index (χ0v) is 15.7. The first-order chi connectivity index (χ1) is 13.6. The Labute approximate surface area is 162 Å². The van der Waals surface area contributed by atoms with Crippen LogP contribution in [0.1, 0.15) is 36.2 Å². The van der Waals surface area contributed by atoms with Gasteiger partial charge in [-0.05, 0) is 31.5 Å². The molecule has 0 radical (unpaired) electrons. The van der Waals surface area contributed by atoms with Gasteiger partial charge >= 0.3 is 0 Å². The first-order valence-electron chi connectivity index (χ1n) is 9.52. The van der Waals surface area contributed by atoms with Crippen molar-refractivity contribution in [2.45, 2.75) is 32.0 Å². The van der Waals surface area contributed by atoms with E-state index in [0.717, 1.165) is 0 Å². The van der Waals surface area contributed by atoms with Gasteiger partial charge in [0.15, 0.2) is 11.5 Å². The number of ether oxygens (including phenoxy) is 2. The molecule has 0 fully saturated rings. The minimum Gasteiger partial charge on any atom is -0.486 e. The van der Waals surface area contributed by atoms with Crippen molar-refractivity contribution in [1.29, 1.82) is 0 Å². The number of carbonyl (C=O) groups is 2. The number of rotatable bonds is 2. The van der Waals surface area contributed by atoms with Gasteiger partial charge in [0.2, 0.25) is 5.66 Å². The normalized spacial score (nSPS) is 23.0. The summed E-state index contributed by atoms with van der Waals surface area (Å²) in [5.74, 6) is 0.729. The molecule has 3 aliphatic rings. The zero-order valence-electron chi connectivity index (χ0n) is 15.7. The summed E-state index contributed by atoms with van der Waals surface area (Å²) in [6.45, 7) is 4.88. The number of benzene rings is 2. The summed E-state index contributed by atoms with van der Waals surface area (Å²) in [7, 11) is 0. The van der Waals surface area contributed by atoms with Gasteiger partial charge in [-0.1, -0.05) is 19.1 Å². The maximum absolute atomic E-state index is 13.5. The Balaban J connectivity index is 1.76. The summed E-state index contributed by atoms with van der Waals surface area (Å²) in [4.78, 5) is 28.5. The Morgan fingerprint density at radius 1 is 1.11 bits per heavy atom. The van der Waals surface area contributed by atoms with Crippen LogP contribution < -0.4 is 20.1 Å². The molecular weight excluding hydrogens is 358 g/mol. The predicted molar refractivity (Wildman–Crippen MR) is 104 cm³/mol. The van der Waals surface area contributed by atoms with Crippen LogP contribution in [0.15, 0.2) is 36.4 Å². The van der Waals surface area contributed by atoms with Crippen LogP contribution in [0.3, 0.4) is 0 Å². The number of nitrogens with zero attached hydrogens (tertiary/aromatic N) is 1. The van der Waals surface area contributed by atoms with Crippen molar-refractivity contribution >= 4 is 23.2 Å². The topological polar surface area (TPSA) is 79.9 Å². The fourth-order valence-corrected chi connectivity index (χ4v) is 4.22. The van der Waals surface area contributed by atoms with Gasteiger partial charge in [0.05, 0.1) is 11.3 Å². The summed E-state index contributed by atoms with van der Waals surface area (Å²) in [5.41, 5.74) is 1.18. The van der Waals surface area contributed by atoms with E-state index in [-0.39, 0.29) is 17.9 Å². The first-order valence-corrected chi connectivity index (χ1v) is 9.52. The second kappa shape index (κ2) is 5.89. The molecule has 28 heavy (non-hydrogen) atoms. The number of carbonyl (C=O) groups excluding carboxylic acids is 2. The third kappa shape index (κ3) is 2.10. The number of anilines is 2. The molecular formula is C21H21N3O4. The van der Waals surface area contributed by atoms with E-state index in [4.69, 9.17) is 9.47 Å². The molecule has 0 unspecified atom stereocenters. The van der Waals surface area contributed by atoms with Crippen LogP contribution in [-0.2, 0) is 10.5 Å². The molecule has 0 aromatic heterocycles. The highest BCUT2D eigenvalue weighted by atomic mass is 16.6. The monoisotopic (exact) mass is 379 g/mol. The number of fused-ring (bicyclic) bond motifs is 4. The lowest BCUT2D eigenvalue weighted by atomic mass is 9.90. The summed E-state index contributed by atoms with van der Waals surface area (Å²) < 4.78 is 11.4. The van der Waals surface area contributed by atoms with Crippen LogP contribution in [0, 0.1) is 0 Å². The van der Waals surface area contributed by atoms with Gasteiger partial charge in [-0.2, -0.15) is 0 Å². The minimum absolute atomic E-state index is 0.154. The summed E-state index contributed by atoms with van der Waals surface area (Å²) in [5, 5.41) is 6.32. The molecule has 1 spiro atoms. The van der Waals surface area contributed by atoms with Crippen molar-refractivity contribution in [3.63, 3.8) is 0 Å². The van der Waals surface area contributed by atoms with E-state index in [1.807, 2.05) is 38.1 Å². The fraction of sp³-hybridized carbons (Fsp3) is 0.333. The largest absolute Gasteiger partial charge is 0.486 e. The number of nitrogens with one attached hydrogen (secondary N) is 2. The Kier molecular flexibility index (Phi) is 3.56. The van der Waals surface area contributed by atoms with Crippen LogP contribution in [0.25, 0.3) is 0 Å². The van der Waals surface area contributed by atoms with E-state index >= 15 is 0 Å². The minimum atomic E-state index is -1.33. The third-order valence-electron chi connectivity index (χ3n) is 5.73. The Bertz CT molecular complexity index is 1010. The number of amides is 2. The van der Waals surface area contributed by atoms with E-state index in [2.05, 4.69) is 10.6 Å². The summed E-state index contributed by atoms with van der Waals surface area (Å²) in [6, 6.07) is 10.7. The third-order valence-corrected chi connectivity index (χ3v) is 5.73. The van der Waals surface area contributed by atoms with Crippen LogP contribution >= 0.6 is 0 Å². The van der Waals surface area contributed by atoms with Gasteiger partial charge < -0.3 is 25.0 Å². The van der Waals surface area contributed by atoms with Gasteiger partial charge in [-0.25, -0.2) is 0 Å². The van der Waals surface area contributed by atoms with Gasteiger partial charge in [-0.3, -0.25) is 9.59 Å².